The quantitative estimate of drug-likeness (QED) is 0.604. The molecule has 0 aliphatic carbocycles. The molecule has 0 unspecified atom stereocenters. The molecule has 1 nitrogen and oxygen atoms in total. The van der Waals surface area contributed by atoms with Gasteiger partial charge in [-0.1, -0.05) is 30.3 Å². The Hall–Kier alpha value is -1.45. The number of fused-ring (bicyclic) bond motifs is 2. The van der Waals surface area contributed by atoms with E-state index in [9.17, 15) is 0 Å². The third-order valence-corrected chi connectivity index (χ3v) is 6.57. The van der Waals surface area contributed by atoms with Crippen LogP contribution >= 0.6 is 23.1 Å². The lowest BCUT2D eigenvalue weighted by Gasteiger charge is -2.17. The fourth-order valence-electron chi connectivity index (χ4n) is 2.98. The van der Waals surface area contributed by atoms with E-state index < -0.39 is 0 Å². The molecule has 1 aliphatic heterocycles. The molecule has 21 heavy (non-hydrogen) atoms. The second-order valence-electron chi connectivity index (χ2n) is 5.42. The molecule has 1 aromatic heterocycles. The third kappa shape index (κ3) is 2.34. The number of nitrogens with one attached hydrogen (secondary N) is 1. The maximum atomic E-state index is 3.77. The summed E-state index contributed by atoms with van der Waals surface area (Å²) < 4.78 is 1.40. The molecule has 1 N–H and O–H groups in total. The predicted octanol–water partition coefficient (Wildman–Crippen LogP) is 5.86. The number of rotatable bonds is 1. The molecule has 0 spiro atoms. The smallest absolute Gasteiger partial charge is 0.0618 e. The van der Waals surface area contributed by atoms with Crippen LogP contribution in [0.5, 0.6) is 0 Å². The molecule has 0 bridgehead atoms. The van der Waals surface area contributed by atoms with E-state index in [0.29, 0.717) is 6.04 Å². The van der Waals surface area contributed by atoms with Gasteiger partial charge in [-0.05, 0) is 42.5 Å². The van der Waals surface area contributed by atoms with Crippen molar-refractivity contribution in [2.45, 2.75) is 24.3 Å². The van der Waals surface area contributed by atoms with Crippen molar-refractivity contribution in [2.24, 2.45) is 0 Å². The molecule has 2 heterocycles. The van der Waals surface area contributed by atoms with Crippen LogP contribution < -0.4 is 5.32 Å². The van der Waals surface area contributed by atoms with Crippen molar-refractivity contribution in [3.8, 4) is 0 Å². The lowest BCUT2D eigenvalue weighted by molar-refractivity contribution is 0.771. The summed E-state index contributed by atoms with van der Waals surface area (Å²) in [6.45, 7) is 2.26. The van der Waals surface area contributed by atoms with Crippen LogP contribution in [0.3, 0.4) is 0 Å². The molecule has 4 rings (SSSR count). The number of thiophene rings is 1. The van der Waals surface area contributed by atoms with Gasteiger partial charge < -0.3 is 5.32 Å². The van der Waals surface area contributed by atoms with Crippen LogP contribution in [0.1, 0.15) is 22.9 Å². The average molecular weight is 311 g/mol. The second kappa shape index (κ2) is 5.39. The zero-order valence-electron chi connectivity index (χ0n) is 11.9. The summed E-state index contributed by atoms with van der Waals surface area (Å²) in [6.07, 6.45) is 1.17. The minimum atomic E-state index is 0.429. The molecule has 0 saturated heterocycles. The summed E-state index contributed by atoms with van der Waals surface area (Å²) in [5.74, 6) is 1.17. The van der Waals surface area contributed by atoms with Crippen molar-refractivity contribution in [3.05, 3.63) is 59.0 Å². The molecule has 3 heteroatoms. The first kappa shape index (κ1) is 13.2. The van der Waals surface area contributed by atoms with Crippen LogP contribution in [0.2, 0.25) is 0 Å². The van der Waals surface area contributed by atoms with Gasteiger partial charge in [0.15, 0.2) is 0 Å². The van der Waals surface area contributed by atoms with Crippen molar-refractivity contribution in [1.29, 1.82) is 0 Å². The second-order valence-corrected chi connectivity index (χ2v) is 7.64. The Kier molecular flexibility index (Phi) is 3.40. The van der Waals surface area contributed by atoms with E-state index in [2.05, 4.69) is 60.8 Å². The molecule has 0 radical (unpaired) electrons. The van der Waals surface area contributed by atoms with Gasteiger partial charge in [0, 0.05) is 25.9 Å². The monoisotopic (exact) mass is 311 g/mol. The van der Waals surface area contributed by atoms with Gasteiger partial charge in [-0.15, -0.1) is 23.1 Å². The first-order valence-corrected chi connectivity index (χ1v) is 9.09. The van der Waals surface area contributed by atoms with Crippen molar-refractivity contribution >= 4 is 38.9 Å². The summed E-state index contributed by atoms with van der Waals surface area (Å²) in [5.41, 5.74) is 2.72. The molecule has 106 valence electrons. The van der Waals surface area contributed by atoms with Gasteiger partial charge in [-0.2, -0.15) is 0 Å². The van der Waals surface area contributed by atoms with Crippen LogP contribution in [0, 0.1) is 6.92 Å². The molecular weight excluding hydrogens is 294 g/mol. The number of para-hydroxylation sites is 1. The van der Waals surface area contributed by atoms with Crippen molar-refractivity contribution in [1.82, 2.24) is 0 Å². The van der Waals surface area contributed by atoms with E-state index in [1.165, 1.54) is 43.3 Å². The minimum Gasteiger partial charge on any atom is -0.376 e. The van der Waals surface area contributed by atoms with Crippen molar-refractivity contribution in [2.75, 3.05) is 11.1 Å². The average Bonchev–Trinajstić information content (AvgIpc) is 2.71. The Balaban J connectivity index is 1.77. The Morgan fingerprint density at radius 3 is 2.76 bits per heavy atom. The molecule has 0 fully saturated rings. The largest absolute Gasteiger partial charge is 0.376 e. The highest BCUT2D eigenvalue weighted by Gasteiger charge is 2.21. The first-order valence-electron chi connectivity index (χ1n) is 7.29. The van der Waals surface area contributed by atoms with Crippen LogP contribution in [0.25, 0.3) is 10.1 Å². The number of aryl methyl sites for hydroxylation is 1. The summed E-state index contributed by atoms with van der Waals surface area (Å²) in [5, 5.41) is 5.17. The highest BCUT2D eigenvalue weighted by Crippen LogP contribution is 2.41. The summed E-state index contributed by atoms with van der Waals surface area (Å²) in [7, 11) is 0. The number of anilines is 1. The number of benzene rings is 2. The molecule has 1 atom stereocenters. The summed E-state index contributed by atoms with van der Waals surface area (Å²) >= 11 is 3.91. The third-order valence-electron chi connectivity index (χ3n) is 4.08. The molecule has 3 aromatic rings. The topological polar surface area (TPSA) is 12.0 Å². The lowest BCUT2D eigenvalue weighted by Crippen LogP contribution is -2.09. The van der Waals surface area contributed by atoms with Crippen molar-refractivity contribution in [3.63, 3.8) is 0 Å². The molecular formula is C18H17NS2. The lowest BCUT2D eigenvalue weighted by atomic mass is 10.1. The Morgan fingerprint density at radius 1 is 1.05 bits per heavy atom. The Labute approximate surface area is 133 Å². The normalized spacial score (nSPS) is 18.0. The molecule has 2 aromatic carbocycles. The molecule has 0 saturated carbocycles. The zero-order chi connectivity index (χ0) is 14.2. The van der Waals surface area contributed by atoms with E-state index in [-0.39, 0.29) is 0 Å². The predicted molar refractivity (Wildman–Crippen MR) is 94.7 cm³/mol. The molecule has 0 amide bonds. The fraction of sp³-hybridized carbons (Fsp3) is 0.222. The Bertz CT molecular complexity index is 791. The zero-order valence-corrected chi connectivity index (χ0v) is 13.6. The van der Waals surface area contributed by atoms with E-state index >= 15 is 0 Å². The van der Waals surface area contributed by atoms with Crippen LogP contribution in [0.15, 0.2) is 53.4 Å². The highest BCUT2D eigenvalue weighted by molar-refractivity contribution is 7.99. The van der Waals surface area contributed by atoms with Gasteiger partial charge in [0.05, 0.1) is 6.04 Å². The van der Waals surface area contributed by atoms with Crippen LogP contribution in [0.4, 0.5) is 5.69 Å². The minimum absolute atomic E-state index is 0.429. The van der Waals surface area contributed by atoms with Gasteiger partial charge in [0.1, 0.15) is 0 Å². The van der Waals surface area contributed by atoms with E-state index in [0.717, 1.165) is 0 Å². The Morgan fingerprint density at radius 2 is 1.86 bits per heavy atom. The number of hydrogen-bond acceptors (Lipinski definition) is 3. The maximum Gasteiger partial charge on any atom is 0.0618 e. The standard InChI is InChI=1S/C18H17NS2/c1-12-13-6-2-4-8-16(13)21-18(12)15-10-11-20-17-9-5-3-7-14(17)19-15/h2-9,15,19H,10-11H2,1H3/t15-/m1/s1. The van der Waals surface area contributed by atoms with Crippen LogP contribution in [-0.4, -0.2) is 5.75 Å². The van der Waals surface area contributed by atoms with Gasteiger partial charge in [-0.3, -0.25) is 0 Å². The maximum absolute atomic E-state index is 3.77. The molecule has 1 aliphatic rings. The van der Waals surface area contributed by atoms with Gasteiger partial charge in [0.25, 0.3) is 0 Å². The van der Waals surface area contributed by atoms with Crippen molar-refractivity contribution < 1.29 is 0 Å². The number of thioether (sulfide) groups is 1. The highest BCUT2D eigenvalue weighted by atomic mass is 32.2. The van der Waals surface area contributed by atoms with E-state index in [4.69, 9.17) is 0 Å². The summed E-state index contributed by atoms with van der Waals surface area (Å²) in [6, 6.07) is 17.8. The van der Waals surface area contributed by atoms with E-state index in [1.54, 1.807) is 0 Å². The summed E-state index contributed by atoms with van der Waals surface area (Å²) in [4.78, 5) is 2.87. The van der Waals surface area contributed by atoms with Gasteiger partial charge >= 0.3 is 0 Å². The van der Waals surface area contributed by atoms with Gasteiger partial charge in [-0.25, -0.2) is 0 Å². The van der Waals surface area contributed by atoms with E-state index in [1.807, 2.05) is 23.1 Å². The number of hydrogen-bond donors (Lipinski definition) is 1. The SMILES string of the molecule is Cc1c([C@H]2CCSc3ccccc3N2)sc2ccccc12. The van der Waals surface area contributed by atoms with Gasteiger partial charge in [0.2, 0.25) is 0 Å². The van der Waals surface area contributed by atoms with Crippen LogP contribution in [-0.2, 0) is 0 Å². The first-order chi connectivity index (χ1) is 10.3. The fourth-order valence-corrected chi connectivity index (χ4v) is 5.31.